The standard InChI is InChI=1S/C19H20N4O2S/c1-12-17(26-19(21-12)23-8-6-20-7-9-23)18(25)22-15-4-2-14-11-16(24)5-3-13(14)10-15/h2-5,10-11,20,24H,6-9H2,1H3,(H,22,25). The number of nitrogens with one attached hydrogen (secondary N) is 2. The summed E-state index contributed by atoms with van der Waals surface area (Å²) in [4.78, 5) is 20.2. The van der Waals surface area contributed by atoms with Crippen LogP contribution in [0.25, 0.3) is 10.8 Å². The van der Waals surface area contributed by atoms with Crippen LogP contribution in [-0.4, -0.2) is 42.2 Å². The van der Waals surface area contributed by atoms with Gasteiger partial charge in [-0.2, -0.15) is 0 Å². The average molecular weight is 368 g/mol. The maximum absolute atomic E-state index is 12.7. The van der Waals surface area contributed by atoms with E-state index in [9.17, 15) is 9.90 Å². The van der Waals surface area contributed by atoms with Gasteiger partial charge in [-0.3, -0.25) is 4.79 Å². The first-order chi connectivity index (χ1) is 12.6. The first kappa shape index (κ1) is 16.8. The van der Waals surface area contributed by atoms with Gasteiger partial charge in [-0.1, -0.05) is 23.5 Å². The van der Waals surface area contributed by atoms with Crippen molar-refractivity contribution in [2.75, 3.05) is 36.4 Å². The maximum Gasteiger partial charge on any atom is 0.267 e. The molecule has 1 aromatic heterocycles. The Labute approximate surface area is 155 Å². The van der Waals surface area contributed by atoms with Gasteiger partial charge in [0.1, 0.15) is 10.6 Å². The van der Waals surface area contributed by atoms with E-state index < -0.39 is 0 Å². The van der Waals surface area contributed by atoms with Gasteiger partial charge in [0, 0.05) is 31.9 Å². The summed E-state index contributed by atoms with van der Waals surface area (Å²) in [6, 6.07) is 10.8. The monoisotopic (exact) mass is 368 g/mol. The lowest BCUT2D eigenvalue weighted by Crippen LogP contribution is -2.43. The highest BCUT2D eigenvalue weighted by molar-refractivity contribution is 7.17. The molecule has 0 bridgehead atoms. The number of hydrogen-bond donors (Lipinski definition) is 3. The molecule has 134 valence electrons. The van der Waals surface area contributed by atoms with Crippen molar-refractivity contribution in [3.63, 3.8) is 0 Å². The topological polar surface area (TPSA) is 77.5 Å². The van der Waals surface area contributed by atoms with E-state index in [-0.39, 0.29) is 11.7 Å². The van der Waals surface area contributed by atoms with Gasteiger partial charge >= 0.3 is 0 Å². The highest BCUT2D eigenvalue weighted by atomic mass is 32.1. The first-order valence-corrected chi connectivity index (χ1v) is 9.39. The summed E-state index contributed by atoms with van der Waals surface area (Å²) in [6.07, 6.45) is 0. The predicted molar refractivity (Wildman–Crippen MR) is 105 cm³/mol. The van der Waals surface area contributed by atoms with Crippen molar-refractivity contribution in [1.82, 2.24) is 10.3 Å². The molecule has 0 spiro atoms. The number of hydrogen-bond acceptors (Lipinski definition) is 6. The van der Waals surface area contributed by atoms with E-state index in [4.69, 9.17) is 0 Å². The Hall–Kier alpha value is -2.64. The number of carbonyl (C=O) groups is 1. The molecule has 2 heterocycles. The second kappa shape index (κ2) is 6.93. The number of benzene rings is 2. The fourth-order valence-corrected chi connectivity index (χ4v) is 4.10. The molecule has 4 rings (SSSR count). The van der Waals surface area contributed by atoms with E-state index >= 15 is 0 Å². The van der Waals surface area contributed by atoms with Gasteiger partial charge in [-0.15, -0.1) is 0 Å². The molecular weight excluding hydrogens is 348 g/mol. The van der Waals surface area contributed by atoms with Gasteiger partial charge in [0.15, 0.2) is 5.13 Å². The van der Waals surface area contributed by atoms with Crippen LogP contribution in [0.4, 0.5) is 10.8 Å². The largest absolute Gasteiger partial charge is 0.508 e. The molecule has 1 fully saturated rings. The third-order valence-electron chi connectivity index (χ3n) is 4.46. The Balaban J connectivity index is 1.54. The van der Waals surface area contributed by atoms with Crippen LogP contribution in [0.15, 0.2) is 36.4 Å². The quantitative estimate of drug-likeness (QED) is 0.663. The molecule has 3 N–H and O–H groups in total. The molecule has 0 saturated carbocycles. The summed E-state index contributed by atoms with van der Waals surface area (Å²) in [7, 11) is 0. The number of anilines is 2. The number of aromatic nitrogens is 1. The number of nitrogens with zero attached hydrogens (tertiary/aromatic N) is 2. The van der Waals surface area contributed by atoms with Crippen LogP contribution < -0.4 is 15.5 Å². The second-order valence-corrected chi connectivity index (χ2v) is 7.33. The lowest BCUT2D eigenvalue weighted by atomic mass is 10.1. The number of phenolic OH excluding ortho intramolecular Hbond substituents is 1. The molecule has 6 nitrogen and oxygen atoms in total. The number of carbonyl (C=O) groups excluding carboxylic acids is 1. The molecule has 1 aliphatic rings. The van der Waals surface area contributed by atoms with Crippen LogP contribution in [0.2, 0.25) is 0 Å². The molecule has 0 aliphatic carbocycles. The lowest BCUT2D eigenvalue weighted by Gasteiger charge is -2.26. The van der Waals surface area contributed by atoms with Gasteiger partial charge in [-0.05, 0) is 42.0 Å². The van der Waals surface area contributed by atoms with Crippen molar-refractivity contribution in [3.8, 4) is 5.75 Å². The van der Waals surface area contributed by atoms with E-state index in [0.717, 1.165) is 53.5 Å². The number of thiazole rings is 1. The van der Waals surface area contributed by atoms with E-state index in [1.165, 1.54) is 11.3 Å². The summed E-state index contributed by atoms with van der Waals surface area (Å²) < 4.78 is 0. The number of phenols is 1. The maximum atomic E-state index is 12.7. The van der Waals surface area contributed by atoms with Crippen molar-refractivity contribution in [2.24, 2.45) is 0 Å². The summed E-state index contributed by atoms with van der Waals surface area (Å²) in [5, 5.41) is 18.6. The zero-order valence-electron chi connectivity index (χ0n) is 14.5. The van der Waals surface area contributed by atoms with Gasteiger partial charge in [-0.25, -0.2) is 4.98 Å². The molecular formula is C19H20N4O2S. The number of rotatable bonds is 3. The first-order valence-electron chi connectivity index (χ1n) is 8.57. The average Bonchev–Trinajstić information content (AvgIpc) is 3.04. The van der Waals surface area contributed by atoms with Crippen LogP contribution in [0.3, 0.4) is 0 Å². The Morgan fingerprint density at radius 1 is 1.19 bits per heavy atom. The number of fused-ring (bicyclic) bond motifs is 1. The fourth-order valence-electron chi connectivity index (χ4n) is 3.08. The van der Waals surface area contributed by atoms with Crippen molar-refractivity contribution in [1.29, 1.82) is 0 Å². The van der Waals surface area contributed by atoms with Crippen molar-refractivity contribution >= 4 is 38.8 Å². The molecule has 0 radical (unpaired) electrons. The second-order valence-electron chi connectivity index (χ2n) is 6.35. The summed E-state index contributed by atoms with van der Waals surface area (Å²) in [5.74, 6) is 0.0922. The fraction of sp³-hybridized carbons (Fsp3) is 0.263. The van der Waals surface area contributed by atoms with Crippen LogP contribution in [0.1, 0.15) is 15.4 Å². The minimum Gasteiger partial charge on any atom is -0.508 e. The number of amides is 1. The van der Waals surface area contributed by atoms with Crippen LogP contribution in [-0.2, 0) is 0 Å². The highest BCUT2D eigenvalue weighted by Gasteiger charge is 2.20. The number of aryl methyl sites for hydroxylation is 1. The summed E-state index contributed by atoms with van der Waals surface area (Å²) in [5.41, 5.74) is 1.48. The molecule has 1 aliphatic heterocycles. The third kappa shape index (κ3) is 3.36. The molecule has 0 unspecified atom stereocenters. The molecule has 3 aromatic rings. The predicted octanol–water partition coefficient (Wildman–Crippen LogP) is 2.97. The normalized spacial score (nSPS) is 14.6. The zero-order chi connectivity index (χ0) is 18.1. The van der Waals surface area contributed by atoms with Crippen molar-refractivity contribution < 1.29 is 9.90 Å². The minimum atomic E-state index is -0.139. The Morgan fingerprint density at radius 3 is 2.73 bits per heavy atom. The minimum absolute atomic E-state index is 0.139. The van der Waals surface area contributed by atoms with E-state index in [0.29, 0.717) is 4.88 Å². The zero-order valence-corrected chi connectivity index (χ0v) is 15.3. The Morgan fingerprint density at radius 2 is 1.92 bits per heavy atom. The van der Waals surface area contributed by atoms with E-state index in [1.807, 2.05) is 31.2 Å². The molecule has 2 aromatic carbocycles. The van der Waals surface area contributed by atoms with Crippen molar-refractivity contribution in [2.45, 2.75) is 6.92 Å². The van der Waals surface area contributed by atoms with Gasteiger partial charge in [0.2, 0.25) is 0 Å². The smallest absolute Gasteiger partial charge is 0.267 e. The van der Waals surface area contributed by atoms with Gasteiger partial charge < -0.3 is 20.6 Å². The molecule has 7 heteroatoms. The van der Waals surface area contributed by atoms with Crippen LogP contribution >= 0.6 is 11.3 Å². The SMILES string of the molecule is Cc1nc(N2CCNCC2)sc1C(=O)Nc1ccc2cc(O)ccc2c1. The molecule has 0 atom stereocenters. The van der Waals surface area contributed by atoms with E-state index in [2.05, 4.69) is 20.5 Å². The third-order valence-corrected chi connectivity index (χ3v) is 5.68. The van der Waals surface area contributed by atoms with Gasteiger partial charge in [0.05, 0.1) is 5.69 Å². The lowest BCUT2D eigenvalue weighted by molar-refractivity contribution is 0.103. The Bertz CT molecular complexity index is 963. The molecule has 26 heavy (non-hydrogen) atoms. The van der Waals surface area contributed by atoms with Crippen LogP contribution in [0, 0.1) is 6.92 Å². The number of piperazine rings is 1. The molecule has 1 saturated heterocycles. The number of aromatic hydroxyl groups is 1. The van der Waals surface area contributed by atoms with Crippen molar-refractivity contribution in [3.05, 3.63) is 47.0 Å². The van der Waals surface area contributed by atoms with E-state index in [1.54, 1.807) is 12.1 Å². The van der Waals surface area contributed by atoms with Gasteiger partial charge in [0.25, 0.3) is 5.91 Å². The highest BCUT2D eigenvalue weighted by Crippen LogP contribution is 2.28. The Kier molecular flexibility index (Phi) is 4.48. The summed E-state index contributed by atoms with van der Waals surface area (Å²) >= 11 is 1.44. The van der Waals surface area contributed by atoms with Crippen LogP contribution in [0.5, 0.6) is 5.75 Å². The molecule has 1 amide bonds. The summed E-state index contributed by atoms with van der Waals surface area (Å²) in [6.45, 7) is 5.57.